The van der Waals surface area contributed by atoms with E-state index in [2.05, 4.69) is 12.1 Å². The predicted octanol–water partition coefficient (Wildman–Crippen LogP) is 2.44. The SMILES string of the molecule is Cl.NCCN(CCc1ccccc1)C(=O)C1Cc2ccccc2O1. The van der Waals surface area contributed by atoms with Crippen LogP contribution in [0.3, 0.4) is 0 Å². The number of benzene rings is 2. The third kappa shape index (κ3) is 4.28. The van der Waals surface area contributed by atoms with Gasteiger partial charge in [0.05, 0.1) is 0 Å². The molecule has 0 radical (unpaired) electrons. The largest absolute Gasteiger partial charge is 0.480 e. The topological polar surface area (TPSA) is 55.6 Å². The normalized spacial score (nSPS) is 15.1. The standard InChI is InChI=1S/C19H22N2O2.ClH/c20-11-13-21(12-10-15-6-2-1-3-7-15)19(22)18-14-16-8-4-5-9-17(16)23-18;/h1-9,18H,10-14,20H2;1H. The Bertz CT molecular complexity index is 638. The Balaban J connectivity index is 0.00000208. The van der Waals surface area contributed by atoms with Crippen LogP contribution in [-0.2, 0) is 17.6 Å². The Hall–Kier alpha value is -2.04. The van der Waals surface area contributed by atoms with Gasteiger partial charge in [0.25, 0.3) is 5.91 Å². The van der Waals surface area contributed by atoms with E-state index in [-0.39, 0.29) is 18.3 Å². The number of ether oxygens (including phenoxy) is 1. The molecular formula is C19H23ClN2O2. The summed E-state index contributed by atoms with van der Waals surface area (Å²) in [5, 5.41) is 0. The maximum atomic E-state index is 12.8. The van der Waals surface area contributed by atoms with E-state index in [0.717, 1.165) is 17.7 Å². The molecule has 5 heteroatoms. The van der Waals surface area contributed by atoms with Gasteiger partial charge in [-0.05, 0) is 23.6 Å². The van der Waals surface area contributed by atoms with E-state index in [4.69, 9.17) is 10.5 Å². The summed E-state index contributed by atoms with van der Waals surface area (Å²) in [6.07, 6.45) is 1.04. The summed E-state index contributed by atoms with van der Waals surface area (Å²) in [7, 11) is 0. The summed E-state index contributed by atoms with van der Waals surface area (Å²) in [5.41, 5.74) is 8.00. The Labute approximate surface area is 149 Å². The van der Waals surface area contributed by atoms with E-state index < -0.39 is 6.10 Å². The van der Waals surface area contributed by atoms with Crippen molar-refractivity contribution in [1.82, 2.24) is 4.90 Å². The molecule has 1 atom stereocenters. The Morgan fingerprint density at radius 2 is 1.79 bits per heavy atom. The molecule has 1 unspecified atom stereocenters. The molecule has 1 aliphatic heterocycles. The molecular weight excluding hydrogens is 324 g/mol. The second-order valence-electron chi connectivity index (χ2n) is 5.77. The van der Waals surface area contributed by atoms with Crippen molar-refractivity contribution in [2.75, 3.05) is 19.6 Å². The lowest BCUT2D eigenvalue weighted by Gasteiger charge is -2.25. The third-order valence-corrected chi connectivity index (χ3v) is 4.15. The molecule has 2 aromatic rings. The van der Waals surface area contributed by atoms with Gasteiger partial charge in [0, 0.05) is 26.1 Å². The molecule has 1 aliphatic rings. The number of nitrogens with two attached hydrogens (primary N) is 1. The van der Waals surface area contributed by atoms with Gasteiger partial charge in [-0.2, -0.15) is 0 Å². The van der Waals surface area contributed by atoms with Crippen LogP contribution in [0.1, 0.15) is 11.1 Å². The highest BCUT2D eigenvalue weighted by atomic mass is 35.5. The highest BCUT2D eigenvalue weighted by Gasteiger charge is 2.31. The van der Waals surface area contributed by atoms with Crippen molar-refractivity contribution in [2.24, 2.45) is 5.73 Å². The van der Waals surface area contributed by atoms with Crippen LogP contribution in [0.2, 0.25) is 0 Å². The van der Waals surface area contributed by atoms with Gasteiger partial charge < -0.3 is 15.4 Å². The molecule has 2 N–H and O–H groups in total. The van der Waals surface area contributed by atoms with Crippen molar-refractivity contribution < 1.29 is 9.53 Å². The summed E-state index contributed by atoms with van der Waals surface area (Å²) in [4.78, 5) is 14.6. The average molecular weight is 347 g/mol. The number of hydrogen-bond acceptors (Lipinski definition) is 3. The molecule has 1 heterocycles. The molecule has 2 aromatic carbocycles. The Morgan fingerprint density at radius 1 is 1.08 bits per heavy atom. The van der Waals surface area contributed by atoms with E-state index in [1.165, 1.54) is 5.56 Å². The molecule has 1 amide bonds. The Morgan fingerprint density at radius 3 is 2.50 bits per heavy atom. The minimum absolute atomic E-state index is 0. The number of carbonyl (C=O) groups is 1. The van der Waals surface area contributed by atoms with Gasteiger partial charge in [-0.25, -0.2) is 0 Å². The summed E-state index contributed by atoms with van der Waals surface area (Å²) < 4.78 is 5.82. The zero-order valence-corrected chi connectivity index (χ0v) is 14.4. The first-order valence-electron chi connectivity index (χ1n) is 8.05. The molecule has 128 valence electrons. The van der Waals surface area contributed by atoms with Crippen LogP contribution in [0.15, 0.2) is 54.6 Å². The average Bonchev–Trinajstić information content (AvgIpc) is 3.03. The van der Waals surface area contributed by atoms with Crippen LogP contribution < -0.4 is 10.5 Å². The summed E-state index contributed by atoms with van der Waals surface area (Å²) >= 11 is 0. The number of carbonyl (C=O) groups excluding carboxylic acids is 1. The predicted molar refractivity (Wildman–Crippen MR) is 97.6 cm³/mol. The molecule has 0 fully saturated rings. The highest BCUT2D eigenvalue weighted by molar-refractivity contribution is 5.85. The van der Waals surface area contributed by atoms with Crippen molar-refractivity contribution in [1.29, 1.82) is 0 Å². The van der Waals surface area contributed by atoms with Gasteiger partial charge in [0.1, 0.15) is 5.75 Å². The fourth-order valence-electron chi connectivity index (χ4n) is 2.92. The minimum atomic E-state index is -0.422. The maximum Gasteiger partial charge on any atom is 0.264 e. The van der Waals surface area contributed by atoms with E-state index in [0.29, 0.717) is 26.1 Å². The quantitative estimate of drug-likeness (QED) is 0.874. The van der Waals surface area contributed by atoms with E-state index >= 15 is 0 Å². The van der Waals surface area contributed by atoms with Gasteiger partial charge >= 0.3 is 0 Å². The van der Waals surface area contributed by atoms with Crippen molar-refractivity contribution in [3.63, 3.8) is 0 Å². The first-order chi connectivity index (χ1) is 11.3. The van der Waals surface area contributed by atoms with Gasteiger partial charge in [0.2, 0.25) is 0 Å². The van der Waals surface area contributed by atoms with Gasteiger partial charge in [-0.3, -0.25) is 4.79 Å². The van der Waals surface area contributed by atoms with Crippen molar-refractivity contribution in [3.8, 4) is 5.75 Å². The van der Waals surface area contributed by atoms with E-state index in [1.54, 1.807) is 0 Å². The van der Waals surface area contributed by atoms with Crippen molar-refractivity contribution in [3.05, 3.63) is 65.7 Å². The van der Waals surface area contributed by atoms with Crippen LogP contribution in [0.4, 0.5) is 0 Å². The van der Waals surface area contributed by atoms with Crippen LogP contribution >= 0.6 is 12.4 Å². The lowest BCUT2D eigenvalue weighted by molar-refractivity contribution is -0.137. The second-order valence-corrected chi connectivity index (χ2v) is 5.77. The monoisotopic (exact) mass is 346 g/mol. The van der Waals surface area contributed by atoms with E-state index in [9.17, 15) is 4.79 Å². The fraction of sp³-hybridized carbons (Fsp3) is 0.316. The van der Waals surface area contributed by atoms with E-state index in [1.807, 2.05) is 47.4 Å². The van der Waals surface area contributed by atoms with Crippen LogP contribution in [0.5, 0.6) is 5.75 Å². The number of rotatable bonds is 6. The lowest BCUT2D eigenvalue weighted by Crippen LogP contribution is -2.44. The number of para-hydroxylation sites is 1. The summed E-state index contributed by atoms with van der Waals surface area (Å²) in [5.74, 6) is 0.851. The highest BCUT2D eigenvalue weighted by Crippen LogP contribution is 2.28. The van der Waals surface area contributed by atoms with Crippen LogP contribution in [0, 0.1) is 0 Å². The van der Waals surface area contributed by atoms with Gasteiger partial charge in [-0.1, -0.05) is 48.5 Å². The molecule has 24 heavy (non-hydrogen) atoms. The van der Waals surface area contributed by atoms with Crippen molar-refractivity contribution in [2.45, 2.75) is 18.9 Å². The summed E-state index contributed by atoms with van der Waals surface area (Å²) in [6, 6.07) is 18.0. The fourth-order valence-corrected chi connectivity index (χ4v) is 2.92. The van der Waals surface area contributed by atoms with Crippen molar-refractivity contribution >= 4 is 18.3 Å². The minimum Gasteiger partial charge on any atom is -0.480 e. The number of amides is 1. The van der Waals surface area contributed by atoms with Gasteiger partial charge in [-0.15, -0.1) is 12.4 Å². The molecule has 0 saturated carbocycles. The zero-order chi connectivity index (χ0) is 16.1. The van der Waals surface area contributed by atoms with Crippen LogP contribution in [0.25, 0.3) is 0 Å². The molecule has 4 nitrogen and oxygen atoms in total. The van der Waals surface area contributed by atoms with Crippen LogP contribution in [-0.4, -0.2) is 36.5 Å². The first kappa shape index (κ1) is 18.3. The molecule has 0 bridgehead atoms. The number of fused-ring (bicyclic) bond motifs is 1. The number of nitrogens with zero attached hydrogens (tertiary/aromatic N) is 1. The second kappa shape index (κ2) is 8.71. The summed E-state index contributed by atoms with van der Waals surface area (Å²) in [6.45, 7) is 1.68. The maximum absolute atomic E-state index is 12.8. The number of halogens is 1. The lowest BCUT2D eigenvalue weighted by atomic mass is 10.1. The first-order valence-corrected chi connectivity index (χ1v) is 8.05. The Kier molecular flexibility index (Phi) is 6.64. The molecule has 0 spiro atoms. The molecule has 3 rings (SSSR count). The third-order valence-electron chi connectivity index (χ3n) is 4.15. The zero-order valence-electron chi connectivity index (χ0n) is 13.6. The van der Waals surface area contributed by atoms with Gasteiger partial charge in [0.15, 0.2) is 6.10 Å². The molecule has 0 aliphatic carbocycles. The molecule has 0 saturated heterocycles. The number of hydrogen-bond donors (Lipinski definition) is 1. The smallest absolute Gasteiger partial charge is 0.264 e. The molecule has 0 aromatic heterocycles.